The average Bonchev–Trinajstić information content (AvgIpc) is 3.40. The first-order valence-corrected chi connectivity index (χ1v) is 11.4. The van der Waals surface area contributed by atoms with Crippen molar-refractivity contribution >= 4 is 23.1 Å². The molecule has 10 nitrogen and oxygen atoms in total. The summed E-state index contributed by atoms with van der Waals surface area (Å²) in [5, 5.41) is 22.4. The summed E-state index contributed by atoms with van der Waals surface area (Å²) >= 11 is 0. The summed E-state index contributed by atoms with van der Waals surface area (Å²) in [6.07, 6.45) is 4.96. The fourth-order valence-corrected chi connectivity index (χ4v) is 4.28. The Bertz CT molecular complexity index is 1390. The van der Waals surface area contributed by atoms with Crippen LogP contribution in [-0.4, -0.2) is 43.7 Å². The third kappa shape index (κ3) is 4.76. The molecular formula is C25H22FN7O3. The Labute approximate surface area is 205 Å². The van der Waals surface area contributed by atoms with Crippen molar-refractivity contribution in [3.63, 3.8) is 0 Å². The average molecular weight is 487 g/mol. The van der Waals surface area contributed by atoms with E-state index in [1.165, 1.54) is 6.07 Å². The molecule has 11 heteroatoms. The summed E-state index contributed by atoms with van der Waals surface area (Å²) in [7, 11) is 0. The minimum Gasteiger partial charge on any atom is -0.354 e. The van der Waals surface area contributed by atoms with E-state index < -0.39 is 16.4 Å². The quantitative estimate of drug-likeness (QED) is 0.319. The number of carbonyl (C=O) groups excluding carboxylic acids is 1. The number of anilines is 2. The minimum atomic E-state index is -0.949. The molecule has 1 saturated heterocycles. The maximum atomic E-state index is 13.6. The Hall–Kier alpha value is -4.67. The third-order valence-electron chi connectivity index (χ3n) is 6.08. The molecule has 2 aromatic carbocycles. The van der Waals surface area contributed by atoms with Gasteiger partial charge in [-0.25, -0.2) is 4.98 Å². The molecule has 0 aliphatic carbocycles. The number of nitro benzene ring substituents is 1. The lowest BCUT2D eigenvalue weighted by Crippen LogP contribution is -2.41. The van der Waals surface area contributed by atoms with Crippen LogP contribution >= 0.6 is 0 Å². The molecule has 0 radical (unpaired) electrons. The van der Waals surface area contributed by atoms with Crippen LogP contribution in [-0.2, 0) is 4.79 Å². The number of aromatic nitrogens is 4. The number of benzene rings is 2. The number of piperidine rings is 1. The van der Waals surface area contributed by atoms with E-state index in [0.29, 0.717) is 24.6 Å². The van der Waals surface area contributed by atoms with Gasteiger partial charge in [0.25, 0.3) is 0 Å². The predicted octanol–water partition coefficient (Wildman–Crippen LogP) is 4.23. The minimum absolute atomic E-state index is 0.184. The fourth-order valence-electron chi connectivity index (χ4n) is 4.28. The normalized spacial score (nSPS) is 15.5. The molecule has 4 aromatic rings. The van der Waals surface area contributed by atoms with Gasteiger partial charge in [0, 0.05) is 42.8 Å². The van der Waals surface area contributed by atoms with E-state index in [-0.39, 0.29) is 17.5 Å². The lowest BCUT2D eigenvalue weighted by molar-refractivity contribution is -0.387. The van der Waals surface area contributed by atoms with Crippen molar-refractivity contribution in [2.45, 2.75) is 12.8 Å². The number of rotatable bonds is 6. The van der Waals surface area contributed by atoms with Gasteiger partial charge >= 0.3 is 5.69 Å². The summed E-state index contributed by atoms with van der Waals surface area (Å²) in [6, 6.07) is 16.8. The molecule has 0 bridgehead atoms. The maximum Gasteiger partial charge on any atom is 0.306 e. The number of hydrogen-bond acceptors (Lipinski definition) is 7. The van der Waals surface area contributed by atoms with Gasteiger partial charge in [0.05, 0.1) is 10.8 Å². The molecular weight excluding hydrogens is 465 g/mol. The lowest BCUT2D eigenvalue weighted by atomic mass is 9.97. The second-order valence-corrected chi connectivity index (χ2v) is 8.43. The number of amides is 1. The van der Waals surface area contributed by atoms with E-state index in [2.05, 4.69) is 20.5 Å². The smallest absolute Gasteiger partial charge is 0.306 e. The SMILES string of the molecule is O=C(Nc1ccc(F)c([N+](=O)[O-])c1)C1CCCN(c2ccc(-n3ccnc3-c3ccccc3)nn2)C1. The van der Waals surface area contributed by atoms with Gasteiger partial charge in [-0.3, -0.25) is 19.5 Å². The van der Waals surface area contributed by atoms with Gasteiger partial charge in [-0.2, -0.15) is 4.39 Å². The molecule has 36 heavy (non-hydrogen) atoms. The van der Waals surface area contributed by atoms with Crippen LogP contribution in [0.1, 0.15) is 12.8 Å². The molecule has 182 valence electrons. The lowest BCUT2D eigenvalue weighted by Gasteiger charge is -2.32. The van der Waals surface area contributed by atoms with Crippen molar-refractivity contribution in [2.75, 3.05) is 23.3 Å². The van der Waals surface area contributed by atoms with Crippen molar-refractivity contribution < 1.29 is 14.1 Å². The first-order valence-electron chi connectivity index (χ1n) is 11.4. The van der Waals surface area contributed by atoms with E-state index in [9.17, 15) is 19.3 Å². The zero-order valence-electron chi connectivity index (χ0n) is 19.1. The van der Waals surface area contributed by atoms with Crippen molar-refractivity contribution in [2.24, 2.45) is 5.92 Å². The molecule has 1 amide bonds. The second kappa shape index (κ2) is 9.90. The maximum absolute atomic E-state index is 13.6. The van der Waals surface area contributed by atoms with E-state index in [1.54, 1.807) is 6.20 Å². The number of nitrogens with zero attached hydrogens (tertiary/aromatic N) is 6. The molecule has 1 atom stereocenters. The highest BCUT2D eigenvalue weighted by molar-refractivity contribution is 5.93. The number of nitrogens with one attached hydrogen (secondary N) is 1. The van der Waals surface area contributed by atoms with Gasteiger partial charge in [0.2, 0.25) is 11.7 Å². The molecule has 1 N–H and O–H groups in total. The molecule has 1 aliphatic rings. The van der Waals surface area contributed by atoms with E-state index in [0.717, 1.165) is 36.5 Å². The van der Waals surface area contributed by atoms with Crippen LogP contribution < -0.4 is 10.2 Å². The Morgan fingerprint density at radius 3 is 2.61 bits per heavy atom. The summed E-state index contributed by atoms with van der Waals surface area (Å²) < 4.78 is 15.5. The molecule has 5 rings (SSSR count). The van der Waals surface area contributed by atoms with Crippen molar-refractivity contribution in [1.82, 2.24) is 19.7 Å². The van der Waals surface area contributed by atoms with Crippen LogP contribution in [0.2, 0.25) is 0 Å². The molecule has 3 heterocycles. The standard InChI is InChI=1S/C25H22FN7O3/c26-20-9-8-19(15-21(20)33(35)36)28-25(34)18-7-4-13-31(16-18)22-10-11-23(30-29-22)32-14-12-27-24(32)17-5-2-1-3-6-17/h1-3,5-6,8-12,14-15,18H,4,7,13,16H2,(H,28,34). The molecule has 1 aliphatic heterocycles. The first-order chi connectivity index (χ1) is 17.5. The highest BCUT2D eigenvalue weighted by Crippen LogP contribution is 2.26. The zero-order chi connectivity index (χ0) is 25.1. The Balaban J connectivity index is 1.28. The van der Waals surface area contributed by atoms with Crippen LogP contribution in [0.3, 0.4) is 0 Å². The number of imidazole rings is 1. The fraction of sp³-hybridized carbons (Fsp3) is 0.200. The number of carbonyl (C=O) groups is 1. The second-order valence-electron chi connectivity index (χ2n) is 8.43. The molecule has 1 fully saturated rings. The first kappa shape index (κ1) is 23.1. The number of halogens is 1. The summed E-state index contributed by atoms with van der Waals surface area (Å²) in [5.74, 6) is 0.442. The highest BCUT2D eigenvalue weighted by Gasteiger charge is 2.27. The molecule has 1 unspecified atom stereocenters. The number of nitro groups is 1. The van der Waals surface area contributed by atoms with E-state index in [1.807, 2.05) is 58.1 Å². The van der Waals surface area contributed by atoms with Gasteiger partial charge in [0.1, 0.15) is 5.82 Å². The Morgan fingerprint density at radius 2 is 1.86 bits per heavy atom. The number of hydrogen-bond donors (Lipinski definition) is 1. The topological polar surface area (TPSA) is 119 Å². The van der Waals surface area contributed by atoms with Crippen LogP contribution in [0.15, 0.2) is 73.1 Å². The van der Waals surface area contributed by atoms with Crippen LogP contribution in [0, 0.1) is 21.8 Å². The molecule has 2 aromatic heterocycles. The van der Waals surface area contributed by atoms with Crippen LogP contribution in [0.25, 0.3) is 17.2 Å². The molecule has 0 saturated carbocycles. The van der Waals surface area contributed by atoms with Gasteiger partial charge in [-0.05, 0) is 37.1 Å². The van der Waals surface area contributed by atoms with Gasteiger partial charge in [-0.1, -0.05) is 30.3 Å². The van der Waals surface area contributed by atoms with Crippen molar-refractivity contribution in [3.8, 4) is 17.2 Å². The van der Waals surface area contributed by atoms with Crippen LogP contribution in [0.4, 0.5) is 21.6 Å². The van der Waals surface area contributed by atoms with Gasteiger partial charge < -0.3 is 10.2 Å². The summed E-state index contributed by atoms with van der Waals surface area (Å²) in [4.78, 5) is 29.4. The van der Waals surface area contributed by atoms with Crippen LogP contribution in [0.5, 0.6) is 0 Å². The van der Waals surface area contributed by atoms with Crippen molar-refractivity contribution in [1.29, 1.82) is 0 Å². The van der Waals surface area contributed by atoms with E-state index in [4.69, 9.17) is 0 Å². The monoisotopic (exact) mass is 487 g/mol. The van der Waals surface area contributed by atoms with Crippen molar-refractivity contribution in [3.05, 3.63) is 89.0 Å². The predicted molar refractivity (Wildman–Crippen MR) is 131 cm³/mol. The largest absolute Gasteiger partial charge is 0.354 e. The summed E-state index contributed by atoms with van der Waals surface area (Å²) in [5.41, 5.74) is 0.468. The zero-order valence-corrected chi connectivity index (χ0v) is 19.1. The Morgan fingerprint density at radius 1 is 1.08 bits per heavy atom. The van der Waals surface area contributed by atoms with E-state index >= 15 is 0 Å². The Kier molecular flexibility index (Phi) is 6.35. The van der Waals surface area contributed by atoms with Gasteiger partial charge in [-0.15, -0.1) is 10.2 Å². The molecule has 0 spiro atoms. The summed E-state index contributed by atoms with van der Waals surface area (Å²) in [6.45, 7) is 1.14. The van der Waals surface area contributed by atoms with Gasteiger partial charge in [0.15, 0.2) is 11.6 Å². The highest BCUT2D eigenvalue weighted by atomic mass is 19.1. The third-order valence-corrected chi connectivity index (χ3v) is 6.08.